The molecule has 0 aliphatic rings. The zero-order valence-electron chi connectivity index (χ0n) is 7.91. The van der Waals surface area contributed by atoms with Gasteiger partial charge in [0.2, 0.25) is 0 Å². The van der Waals surface area contributed by atoms with Gasteiger partial charge in [-0.1, -0.05) is 45.7 Å². The van der Waals surface area contributed by atoms with Crippen molar-refractivity contribution in [1.82, 2.24) is 4.98 Å². The summed E-state index contributed by atoms with van der Waals surface area (Å²) in [5.41, 5.74) is 2.14. The lowest BCUT2D eigenvalue weighted by Gasteiger charge is -1.98. The van der Waals surface area contributed by atoms with E-state index in [1.807, 2.05) is 24.3 Å². The maximum atomic E-state index is 6.10. The number of hydrogen-bond acceptors (Lipinski definition) is 2. The zero-order valence-corrected chi connectivity index (χ0v) is 11.1. The number of halogens is 2. The van der Waals surface area contributed by atoms with E-state index in [0.717, 1.165) is 33.0 Å². The fourth-order valence-electron chi connectivity index (χ4n) is 1.28. The standard InChI is InChI=1S/C11H9BrClNS/c12-6-5-8-7-15-11(14-8)9-3-1-2-4-10(9)13/h1-4,7H,5-6H2. The van der Waals surface area contributed by atoms with Crippen molar-refractivity contribution in [3.63, 3.8) is 0 Å². The minimum Gasteiger partial charge on any atom is -0.241 e. The SMILES string of the molecule is Clc1ccccc1-c1nc(CCBr)cs1. The molecule has 1 aromatic carbocycles. The molecule has 0 fully saturated rings. The predicted molar refractivity (Wildman–Crippen MR) is 70.1 cm³/mol. The molecular weight excluding hydrogens is 294 g/mol. The maximum Gasteiger partial charge on any atom is 0.125 e. The fraction of sp³-hybridized carbons (Fsp3) is 0.182. The number of hydrogen-bond donors (Lipinski definition) is 0. The van der Waals surface area contributed by atoms with E-state index in [1.54, 1.807) is 11.3 Å². The normalized spacial score (nSPS) is 10.5. The highest BCUT2D eigenvalue weighted by Gasteiger charge is 2.07. The van der Waals surface area contributed by atoms with E-state index in [9.17, 15) is 0 Å². The van der Waals surface area contributed by atoms with Crippen LogP contribution in [-0.2, 0) is 6.42 Å². The van der Waals surface area contributed by atoms with E-state index in [2.05, 4.69) is 26.3 Å². The molecule has 0 unspecified atom stereocenters. The predicted octanol–water partition coefficient (Wildman–Crippen LogP) is 4.40. The summed E-state index contributed by atoms with van der Waals surface area (Å²) in [4.78, 5) is 4.54. The quantitative estimate of drug-likeness (QED) is 0.766. The van der Waals surface area contributed by atoms with Crippen LogP contribution in [0, 0.1) is 0 Å². The van der Waals surface area contributed by atoms with Gasteiger partial charge in [-0.25, -0.2) is 4.98 Å². The minimum absolute atomic E-state index is 0.761. The van der Waals surface area contributed by atoms with Crippen LogP contribution in [0.5, 0.6) is 0 Å². The highest BCUT2D eigenvalue weighted by molar-refractivity contribution is 9.09. The first-order chi connectivity index (χ1) is 7.31. The number of aryl methyl sites for hydroxylation is 1. The highest BCUT2D eigenvalue weighted by Crippen LogP contribution is 2.30. The van der Waals surface area contributed by atoms with Gasteiger partial charge in [-0.2, -0.15) is 0 Å². The summed E-state index contributed by atoms with van der Waals surface area (Å²) < 4.78 is 0. The van der Waals surface area contributed by atoms with E-state index >= 15 is 0 Å². The lowest BCUT2D eigenvalue weighted by Crippen LogP contribution is -1.85. The molecule has 1 nitrogen and oxygen atoms in total. The monoisotopic (exact) mass is 301 g/mol. The molecule has 0 aliphatic heterocycles. The van der Waals surface area contributed by atoms with Gasteiger partial charge in [0, 0.05) is 22.7 Å². The molecule has 0 spiro atoms. The smallest absolute Gasteiger partial charge is 0.125 e. The summed E-state index contributed by atoms with van der Waals surface area (Å²) in [6.45, 7) is 0. The molecule has 1 heterocycles. The number of alkyl halides is 1. The molecule has 2 rings (SSSR count). The summed E-state index contributed by atoms with van der Waals surface area (Å²) in [7, 11) is 0. The molecule has 0 aliphatic carbocycles. The van der Waals surface area contributed by atoms with E-state index in [0.29, 0.717) is 0 Å². The van der Waals surface area contributed by atoms with E-state index in [1.165, 1.54) is 0 Å². The van der Waals surface area contributed by atoms with Crippen LogP contribution in [0.1, 0.15) is 5.69 Å². The summed E-state index contributed by atoms with van der Waals surface area (Å²) >= 11 is 11.1. The van der Waals surface area contributed by atoms with Crippen LogP contribution in [-0.4, -0.2) is 10.3 Å². The van der Waals surface area contributed by atoms with Gasteiger partial charge < -0.3 is 0 Å². The Bertz CT molecular complexity index is 455. The number of aromatic nitrogens is 1. The molecule has 0 saturated carbocycles. The number of benzene rings is 1. The Morgan fingerprint density at radius 2 is 2.13 bits per heavy atom. The largest absolute Gasteiger partial charge is 0.241 e. The summed E-state index contributed by atoms with van der Waals surface area (Å²) in [6.07, 6.45) is 0.959. The Hall–Kier alpha value is -0.380. The second-order valence-corrected chi connectivity index (χ2v) is 5.12. The first-order valence-corrected chi connectivity index (χ1v) is 6.94. The van der Waals surface area contributed by atoms with Gasteiger partial charge in [-0.15, -0.1) is 11.3 Å². The molecule has 0 radical (unpaired) electrons. The maximum absolute atomic E-state index is 6.10. The lowest BCUT2D eigenvalue weighted by atomic mass is 10.2. The first-order valence-electron chi connectivity index (χ1n) is 4.56. The molecule has 0 saturated heterocycles. The van der Waals surface area contributed by atoms with Crippen LogP contribution < -0.4 is 0 Å². The van der Waals surface area contributed by atoms with Crippen molar-refractivity contribution < 1.29 is 0 Å². The Balaban J connectivity index is 2.33. The van der Waals surface area contributed by atoms with Crippen molar-refractivity contribution in [3.8, 4) is 10.6 Å². The van der Waals surface area contributed by atoms with Crippen LogP contribution in [0.4, 0.5) is 0 Å². The summed E-state index contributed by atoms with van der Waals surface area (Å²) in [6, 6.07) is 7.80. The molecule has 78 valence electrons. The van der Waals surface area contributed by atoms with Crippen LogP contribution >= 0.6 is 38.9 Å². The van der Waals surface area contributed by atoms with Crippen LogP contribution in [0.25, 0.3) is 10.6 Å². The molecule has 2 aromatic rings. The number of thiazole rings is 1. The topological polar surface area (TPSA) is 12.9 Å². The van der Waals surface area contributed by atoms with Gasteiger partial charge in [0.05, 0.1) is 10.7 Å². The van der Waals surface area contributed by atoms with Crippen molar-refractivity contribution >= 4 is 38.9 Å². The third-order valence-electron chi connectivity index (χ3n) is 2.01. The van der Waals surface area contributed by atoms with Gasteiger partial charge in [0.25, 0.3) is 0 Å². The second kappa shape index (κ2) is 5.10. The van der Waals surface area contributed by atoms with Gasteiger partial charge in [0.1, 0.15) is 5.01 Å². The van der Waals surface area contributed by atoms with Crippen LogP contribution in [0.15, 0.2) is 29.6 Å². The molecular formula is C11H9BrClNS. The Morgan fingerprint density at radius 1 is 1.33 bits per heavy atom. The van der Waals surface area contributed by atoms with Gasteiger partial charge in [0.15, 0.2) is 0 Å². The second-order valence-electron chi connectivity index (χ2n) is 3.06. The molecule has 0 atom stereocenters. The van der Waals surface area contributed by atoms with E-state index < -0.39 is 0 Å². The van der Waals surface area contributed by atoms with Crippen molar-refractivity contribution in [2.45, 2.75) is 6.42 Å². The summed E-state index contributed by atoms with van der Waals surface area (Å²) in [5.74, 6) is 0. The molecule has 0 bridgehead atoms. The van der Waals surface area contributed by atoms with Gasteiger partial charge in [-0.05, 0) is 6.07 Å². The molecule has 15 heavy (non-hydrogen) atoms. The van der Waals surface area contributed by atoms with Crippen LogP contribution in [0.3, 0.4) is 0 Å². The van der Waals surface area contributed by atoms with E-state index in [-0.39, 0.29) is 0 Å². The average Bonchev–Trinajstić information content (AvgIpc) is 2.68. The third kappa shape index (κ3) is 2.60. The van der Waals surface area contributed by atoms with Crippen molar-refractivity contribution in [2.24, 2.45) is 0 Å². The van der Waals surface area contributed by atoms with E-state index in [4.69, 9.17) is 11.6 Å². The van der Waals surface area contributed by atoms with Crippen molar-refractivity contribution in [2.75, 3.05) is 5.33 Å². The average molecular weight is 303 g/mol. The Kier molecular flexibility index (Phi) is 3.78. The number of rotatable bonds is 3. The van der Waals surface area contributed by atoms with Gasteiger partial charge >= 0.3 is 0 Å². The van der Waals surface area contributed by atoms with Crippen molar-refractivity contribution in [1.29, 1.82) is 0 Å². The van der Waals surface area contributed by atoms with Crippen LogP contribution in [0.2, 0.25) is 5.02 Å². The minimum atomic E-state index is 0.761. The summed E-state index contributed by atoms with van der Waals surface area (Å²) in [5, 5.41) is 4.78. The Labute approximate surface area is 106 Å². The third-order valence-corrected chi connectivity index (χ3v) is 3.66. The van der Waals surface area contributed by atoms with Gasteiger partial charge in [-0.3, -0.25) is 0 Å². The lowest BCUT2D eigenvalue weighted by molar-refractivity contribution is 1.09. The molecule has 1 aromatic heterocycles. The molecule has 0 N–H and O–H groups in total. The zero-order chi connectivity index (χ0) is 10.7. The van der Waals surface area contributed by atoms with Crippen molar-refractivity contribution in [3.05, 3.63) is 40.4 Å². The molecule has 4 heteroatoms. The Morgan fingerprint density at radius 3 is 2.87 bits per heavy atom. The number of nitrogens with zero attached hydrogens (tertiary/aromatic N) is 1. The molecule has 0 amide bonds. The first kappa shape index (κ1) is 11.1. The fourth-order valence-corrected chi connectivity index (χ4v) is 2.86. The highest BCUT2D eigenvalue weighted by atomic mass is 79.9.